The zero-order valence-corrected chi connectivity index (χ0v) is 15.0. The fourth-order valence-electron chi connectivity index (χ4n) is 2.57. The van der Waals surface area contributed by atoms with Crippen LogP contribution < -0.4 is 4.74 Å². The second kappa shape index (κ2) is 6.68. The molecule has 3 rings (SSSR count). The predicted octanol–water partition coefficient (Wildman–Crippen LogP) is 3.04. The van der Waals surface area contributed by atoms with Crippen LogP contribution in [-0.2, 0) is 9.59 Å². The average Bonchev–Trinajstić information content (AvgIpc) is 3.10. The number of amides is 4. The Morgan fingerprint density at radius 2 is 1.69 bits per heavy atom. The SMILES string of the molecule is COc1ccc(Cl)cc1-c1ccc(C=C2C(=O)N(C)C(=O)N(C)C2=O)o1. The number of urea groups is 1. The lowest BCUT2D eigenvalue weighted by Gasteiger charge is -2.28. The van der Waals surface area contributed by atoms with E-state index in [9.17, 15) is 14.4 Å². The molecule has 2 heterocycles. The Morgan fingerprint density at radius 1 is 1.04 bits per heavy atom. The minimum atomic E-state index is -0.684. The molecule has 0 saturated carbocycles. The molecular weight excluding hydrogens is 360 g/mol. The van der Waals surface area contributed by atoms with Gasteiger partial charge >= 0.3 is 6.03 Å². The van der Waals surface area contributed by atoms with Gasteiger partial charge in [-0.15, -0.1) is 0 Å². The van der Waals surface area contributed by atoms with Crippen molar-refractivity contribution in [3.05, 3.63) is 46.7 Å². The predicted molar refractivity (Wildman–Crippen MR) is 94.6 cm³/mol. The number of barbiturate groups is 1. The molecule has 1 saturated heterocycles. The monoisotopic (exact) mass is 374 g/mol. The summed E-state index contributed by atoms with van der Waals surface area (Å²) in [6, 6.07) is 7.70. The van der Waals surface area contributed by atoms with E-state index >= 15 is 0 Å². The van der Waals surface area contributed by atoms with Crippen molar-refractivity contribution >= 4 is 35.5 Å². The van der Waals surface area contributed by atoms with E-state index in [4.69, 9.17) is 20.8 Å². The molecule has 1 aliphatic rings. The smallest absolute Gasteiger partial charge is 0.333 e. The summed E-state index contributed by atoms with van der Waals surface area (Å²) in [5.74, 6) is -0.0508. The van der Waals surface area contributed by atoms with E-state index < -0.39 is 17.8 Å². The Labute approximate surface area is 154 Å². The van der Waals surface area contributed by atoms with Gasteiger partial charge < -0.3 is 9.15 Å². The maximum Gasteiger partial charge on any atom is 0.333 e. The van der Waals surface area contributed by atoms with Gasteiger partial charge in [0.05, 0.1) is 12.7 Å². The van der Waals surface area contributed by atoms with Gasteiger partial charge in [-0.1, -0.05) is 11.6 Å². The number of halogens is 1. The van der Waals surface area contributed by atoms with Crippen molar-refractivity contribution in [2.45, 2.75) is 0 Å². The second-order valence-corrected chi connectivity index (χ2v) is 6.05. The normalized spacial score (nSPS) is 14.9. The number of nitrogens with zero attached hydrogens (tertiary/aromatic N) is 2. The van der Waals surface area contributed by atoms with Crippen molar-refractivity contribution < 1.29 is 23.5 Å². The molecule has 1 aromatic heterocycles. The summed E-state index contributed by atoms with van der Waals surface area (Å²) >= 11 is 6.03. The Morgan fingerprint density at radius 3 is 2.31 bits per heavy atom. The third-order valence-corrected chi connectivity index (χ3v) is 4.22. The highest BCUT2D eigenvalue weighted by Gasteiger charge is 2.38. The van der Waals surface area contributed by atoms with Gasteiger partial charge in [-0.3, -0.25) is 19.4 Å². The van der Waals surface area contributed by atoms with Crippen LogP contribution in [0.3, 0.4) is 0 Å². The van der Waals surface area contributed by atoms with Gasteiger partial charge in [-0.05, 0) is 36.4 Å². The van der Waals surface area contributed by atoms with Crippen molar-refractivity contribution in [3.8, 4) is 17.1 Å². The van der Waals surface area contributed by atoms with Gasteiger partial charge in [0.2, 0.25) is 0 Å². The number of methoxy groups -OCH3 is 1. The Balaban J connectivity index is 1.99. The first-order chi connectivity index (χ1) is 12.3. The molecule has 0 atom stereocenters. The van der Waals surface area contributed by atoms with Gasteiger partial charge in [0.1, 0.15) is 22.8 Å². The van der Waals surface area contributed by atoms with Crippen LogP contribution in [0.1, 0.15) is 5.76 Å². The van der Waals surface area contributed by atoms with E-state index in [2.05, 4.69) is 0 Å². The number of hydrogen-bond donors (Lipinski definition) is 0. The Bertz CT molecular complexity index is 921. The van der Waals surface area contributed by atoms with Crippen molar-refractivity contribution in [3.63, 3.8) is 0 Å². The van der Waals surface area contributed by atoms with Crippen LogP contribution in [0.2, 0.25) is 5.02 Å². The highest BCUT2D eigenvalue weighted by atomic mass is 35.5. The number of rotatable bonds is 3. The van der Waals surface area contributed by atoms with Crippen LogP contribution in [0.25, 0.3) is 17.4 Å². The van der Waals surface area contributed by atoms with Gasteiger partial charge in [0.25, 0.3) is 11.8 Å². The van der Waals surface area contributed by atoms with Crippen molar-refractivity contribution in [2.24, 2.45) is 0 Å². The molecule has 7 nitrogen and oxygen atoms in total. The molecule has 1 aromatic carbocycles. The topological polar surface area (TPSA) is 80.1 Å². The van der Waals surface area contributed by atoms with Crippen LogP contribution in [0.4, 0.5) is 4.79 Å². The van der Waals surface area contributed by atoms with E-state index in [-0.39, 0.29) is 11.3 Å². The summed E-state index contributed by atoms with van der Waals surface area (Å²) in [7, 11) is 4.15. The summed E-state index contributed by atoms with van der Waals surface area (Å²) < 4.78 is 11.0. The van der Waals surface area contributed by atoms with Crippen LogP contribution in [0.15, 0.2) is 40.3 Å². The number of furan rings is 1. The Kier molecular flexibility index (Phi) is 4.56. The second-order valence-electron chi connectivity index (χ2n) is 5.62. The summed E-state index contributed by atoms with van der Waals surface area (Å²) in [4.78, 5) is 38.0. The van der Waals surface area contributed by atoms with Crippen LogP contribution in [0.5, 0.6) is 5.75 Å². The maximum absolute atomic E-state index is 12.2. The third-order valence-electron chi connectivity index (χ3n) is 3.98. The quantitative estimate of drug-likeness (QED) is 0.609. The lowest BCUT2D eigenvalue weighted by Crippen LogP contribution is -2.52. The lowest BCUT2D eigenvalue weighted by atomic mass is 10.1. The molecule has 0 radical (unpaired) electrons. The molecule has 0 unspecified atom stereocenters. The van der Waals surface area contributed by atoms with E-state index in [1.807, 2.05) is 0 Å². The number of likely N-dealkylation sites (N-methyl/N-ethyl adjacent to an activating group) is 2. The van der Waals surface area contributed by atoms with Crippen LogP contribution in [0, 0.1) is 0 Å². The number of carbonyl (C=O) groups excluding carboxylic acids is 3. The minimum Gasteiger partial charge on any atom is -0.496 e. The number of carbonyl (C=O) groups is 3. The fourth-order valence-corrected chi connectivity index (χ4v) is 2.74. The van der Waals surface area contributed by atoms with Crippen molar-refractivity contribution in [1.82, 2.24) is 9.80 Å². The summed E-state index contributed by atoms with van der Waals surface area (Å²) in [5, 5.41) is 0.511. The molecule has 0 N–H and O–H groups in total. The first-order valence-corrected chi connectivity index (χ1v) is 7.96. The van der Waals surface area contributed by atoms with Gasteiger partial charge in [0.15, 0.2) is 0 Å². The summed E-state index contributed by atoms with van der Waals surface area (Å²) in [5.41, 5.74) is 0.476. The van der Waals surface area contributed by atoms with Gasteiger partial charge in [-0.2, -0.15) is 0 Å². The number of ether oxygens (including phenoxy) is 1. The van der Waals surface area contributed by atoms with Gasteiger partial charge in [-0.25, -0.2) is 4.79 Å². The lowest BCUT2D eigenvalue weighted by molar-refractivity contribution is -0.134. The zero-order chi connectivity index (χ0) is 19.0. The third kappa shape index (κ3) is 2.97. The molecule has 8 heteroatoms. The molecule has 26 heavy (non-hydrogen) atoms. The molecule has 0 bridgehead atoms. The van der Waals surface area contributed by atoms with Crippen molar-refractivity contribution in [1.29, 1.82) is 0 Å². The first kappa shape index (κ1) is 17.8. The molecule has 1 fully saturated rings. The number of benzene rings is 1. The number of imide groups is 2. The highest BCUT2D eigenvalue weighted by molar-refractivity contribution is 6.31. The van der Waals surface area contributed by atoms with E-state index in [0.29, 0.717) is 22.1 Å². The molecule has 1 aliphatic heterocycles. The van der Waals surface area contributed by atoms with E-state index in [1.54, 1.807) is 30.3 Å². The largest absolute Gasteiger partial charge is 0.496 e. The van der Waals surface area contributed by atoms with Crippen LogP contribution in [-0.4, -0.2) is 48.9 Å². The van der Waals surface area contributed by atoms with Gasteiger partial charge in [0, 0.05) is 19.1 Å². The maximum atomic E-state index is 12.2. The molecule has 2 aromatic rings. The highest BCUT2D eigenvalue weighted by Crippen LogP contribution is 2.34. The van der Waals surface area contributed by atoms with Crippen LogP contribution >= 0.6 is 11.6 Å². The van der Waals surface area contributed by atoms with E-state index in [0.717, 1.165) is 9.80 Å². The molecule has 4 amide bonds. The van der Waals surface area contributed by atoms with Crippen molar-refractivity contribution in [2.75, 3.05) is 21.2 Å². The minimum absolute atomic E-state index is 0.159. The summed E-state index contributed by atoms with van der Waals surface area (Å²) in [6.45, 7) is 0. The molecular formula is C18H15ClN2O5. The average molecular weight is 375 g/mol. The zero-order valence-electron chi connectivity index (χ0n) is 14.3. The van der Waals surface area contributed by atoms with E-state index in [1.165, 1.54) is 27.3 Å². The Hall–Kier alpha value is -3.06. The molecule has 0 spiro atoms. The number of hydrogen-bond acceptors (Lipinski definition) is 5. The molecule has 0 aliphatic carbocycles. The standard InChI is InChI=1S/C18H15ClN2O5/c1-20-16(22)13(17(23)21(2)18(20)24)9-11-5-7-15(26-11)12-8-10(19)4-6-14(12)25-3/h4-9H,1-3H3. The fraction of sp³-hybridized carbons (Fsp3) is 0.167. The summed E-state index contributed by atoms with van der Waals surface area (Å²) in [6.07, 6.45) is 1.31. The molecule has 134 valence electrons. The first-order valence-electron chi connectivity index (χ1n) is 7.59.